The minimum absolute atomic E-state index is 0.870. The third kappa shape index (κ3) is 3.57. The van der Waals surface area contributed by atoms with Crippen molar-refractivity contribution in [2.75, 3.05) is 18.0 Å². The molecule has 116 valence electrons. The Hall–Kier alpha value is -2.68. The monoisotopic (exact) mass is 303 g/mol. The number of hydrogen-bond acceptors (Lipinski definition) is 3. The molecule has 0 radical (unpaired) electrons. The van der Waals surface area contributed by atoms with Gasteiger partial charge >= 0.3 is 0 Å². The second kappa shape index (κ2) is 7.05. The molecule has 0 spiro atoms. The fourth-order valence-corrected chi connectivity index (χ4v) is 2.67. The largest absolute Gasteiger partial charge is 0.372 e. The topological polar surface area (TPSA) is 28.0 Å². The van der Waals surface area contributed by atoms with Gasteiger partial charge in [0.05, 0.1) is 11.4 Å². The molecular weight excluding hydrogens is 282 g/mol. The van der Waals surface area contributed by atoms with Gasteiger partial charge < -0.3 is 4.90 Å². The Morgan fingerprint density at radius 3 is 2.00 bits per heavy atom. The molecule has 0 N–H and O–H groups in total. The summed E-state index contributed by atoms with van der Waals surface area (Å²) in [7, 11) is 0. The Labute approximate surface area is 137 Å². The lowest BCUT2D eigenvalue weighted by atomic mass is 10.1. The van der Waals surface area contributed by atoms with Crippen molar-refractivity contribution in [3.05, 3.63) is 66.7 Å². The molecule has 3 nitrogen and oxygen atoms in total. The van der Waals surface area contributed by atoms with E-state index in [1.54, 1.807) is 0 Å². The molecule has 0 amide bonds. The molecular formula is C20H21N3. The number of rotatable bonds is 5. The van der Waals surface area contributed by atoms with Crippen molar-refractivity contribution >= 4 is 27.8 Å². The summed E-state index contributed by atoms with van der Waals surface area (Å²) >= 11 is 0. The van der Waals surface area contributed by atoms with Crippen molar-refractivity contribution in [2.24, 2.45) is 10.2 Å². The number of fused-ring (bicyclic) bond motifs is 1. The van der Waals surface area contributed by atoms with Crippen LogP contribution in [0.5, 0.6) is 0 Å². The van der Waals surface area contributed by atoms with Crippen molar-refractivity contribution in [2.45, 2.75) is 13.8 Å². The van der Waals surface area contributed by atoms with Crippen LogP contribution in [0.15, 0.2) is 77.0 Å². The van der Waals surface area contributed by atoms with Gasteiger partial charge in [-0.3, -0.25) is 0 Å². The zero-order chi connectivity index (χ0) is 16.1. The van der Waals surface area contributed by atoms with Crippen LogP contribution in [0.4, 0.5) is 17.1 Å². The molecule has 0 heterocycles. The van der Waals surface area contributed by atoms with Crippen LogP contribution < -0.4 is 4.90 Å². The zero-order valence-electron chi connectivity index (χ0n) is 13.6. The fraction of sp³-hybridized carbons (Fsp3) is 0.200. The molecule has 23 heavy (non-hydrogen) atoms. The summed E-state index contributed by atoms with van der Waals surface area (Å²) < 4.78 is 0. The van der Waals surface area contributed by atoms with Gasteiger partial charge in [0.2, 0.25) is 0 Å². The van der Waals surface area contributed by atoms with Crippen molar-refractivity contribution < 1.29 is 0 Å². The van der Waals surface area contributed by atoms with Gasteiger partial charge in [0.25, 0.3) is 0 Å². The number of azo groups is 1. The van der Waals surface area contributed by atoms with Gasteiger partial charge in [-0.1, -0.05) is 30.3 Å². The average Bonchev–Trinajstić information content (AvgIpc) is 2.62. The highest BCUT2D eigenvalue weighted by atomic mass is 15.1. The van der Waals surface area contributed by atoms with Crippen LogP contribution in [0.3, 0.4) is 0 Å². The van der Waals surface area contributed by atoms with Crippen molar-refractivity contribution in [3.8, 4) is 0 Å². The standard InChI is InChI=1S/C20H21N3/c1-3-23(4-2)20-13-11-18(12-14-20)21-22-19-10-9-16-7-5-6-8-17(16)15-19/h5-15H,3-4H2,1-2H3. The van der Waals surface area contributed by atoms with Gasteiger partial charge in [-0.15, -0.1) is 0 Å². The lowest BCUT2D eigenvalue weighted by Gasteiger charge is -2.20. The van der Waals surface area contributed by atoms with Crippen LogP contribution in [0.1, 0.15) is 13.8 Å². The Morgan fingerprint density at radius 2 is 1.30 bits per heavy atom. The summed E-state index contributed by atoms with van der Waals surface area (Å²) in [5, 5.41) is 11.1. The molecule has 0 fully saturated rings. The molecule has 3 heteroatoms. The third-order valence-corrected chi connectivity index (χ3v) is 3.99. The second-order valence-corrected chi connectivity index (χ2v) is 5.42. The summed E-state index contributed by atoms with van der Waals surface area (Å²) in [6.07, 6.45) is 0. The molecule has 0 aromatic heterocycles. The lowest BCUT2D eigenvalue weighted by Crippen LogP contribution is -2.21. The van der Waals surface area contributed by atoms with E-state index < -0.39 is 0 Å². The van der Waals surface area contributed by atoms with E-state index in [2.05, 4.69) is 65.4 Å². The Kier molecular flexibility index (Phi) is 4.67. The van der Waals surface area contributed by atoms with E-state index in [0.29, 0.717) is 0 Å². The summed E-state index contributed by atoms with van der Waals surface area (Å²) in [6.45, 7) is 6.34. The van der Waals surface area contributed by atoms with Crippen molar-refractivity contribution in [1.82, 2.24) is 0 Å². The first-order valence-electron chi connectivity index (χ1n) is 8.05. The van der Waals surface area contributed by atoms with Crippen LogP contribution >= 0.6 is 0 Å². The average molecular weight is 303 g/mol. The quantitative estimate of drug-likeness (QED) is 0.523. The van der Waals surface area contributed by atoms with Crippen LogP contribution in [0.2, 0.25) is 0 Å². The molecule has 0 aliphatic carbocycles. The molecule has 0 saturated carbocycles. The molecule has 0 unspecified atom stereocenters. The van der Waals surface area contributed by atoms with E-state index in [0.717, 1.165) is 24.5 Å². The van der Waals surface area contributed by atoms with E-state index in [1.807, 2.05) is 30.3 Å². The maximum atomic E-state index is 4.35. The molecule has 3 aromatic carbocycles. The smallest absolute Gasteiger partial charge is 0.0863 e. The second-order valence-electron chi connectivity index (χ2n) is 5.42. The van der Waals surface area contributed by atoms with Crippen molar-refractivity contribution in [3.63, 3.8) is 0 Å². The first kappa shape index (κ1) is 15.2. The van der Waals surface area contributed by atoms with Crippen LogP contribution in [0.25, 0.3) is 10.8 Å². The molecule has 0 aliphatic rings. The number of hydrogen-bond donors (Lipinski definition) is 0. The normalized spacial score (nSPS) is 11.2. The van der Waals surface area contributed by atoms with E-state index in [-0.39, 0.29) is 0 Å². The Morgan fingerprint density at radius 1 is 0.696 bits per heavy atom. The van der Waals surface area contributed by atoms with Crippen LogP contribution in [-0.2, 0) is 0 Å². The summed E-state index contributed by atoms with van der Waals surface area (Å²) in [5.41, 5.74) is 2.96. The summed E-state index contributed by atoms with van der Waals surface area (Å²) in [6, 6.07) is 22.6. The van der Waals surface area contributed by atoms with Gasteiger partial charge in [-0.05, 0) is 61.0 Å². The first-order valence-corrected chi connectivity index (χ1v) is 8.05. The molecule has 0 saturated heterocycles. The van der Waals surface area contributed by atoms with Gasteiger partial charge in [0.1, 0.15) is 0 Å². The van der Waals surface area contributed by atoms with E-state index in [1.165, 1.54) is 16.5 Å². The number of nitrogens with zero attached hydrogens (tertiary/aromatic N) is 3. The Bertz CT molecular complexity index is 802. The van der Waals surface area contributed by atoms with E-state index >= 15 is 0 Å². The lowest BCUT2D eigenvalue weighted by molar-refractivity contribution is 0.866. The molecule has 0 bridgehead atoms. The van der Waals surface area contributed by atoms with Gasteiger partial charge in [0.15, 0.2) is 0 Å². The number of anilines is 1. The molecule has 0 atom stereocenters. The highest BCUT2D eigenvalue weighted by molar-refractivity contribution is 5.85. The fourth-order valence-electron chi connectivity index (χ4n) is 2.67. The number of benzene rings is 3. The summed E-state index contributed by atoms with van der Waals surface area (Å²) in [5.74, 6) is 0. The predicted octanol–water partition coefficient (Wildman–Crippen LogP) is 6.10. The van der Waals surface area contributed by atoms with E-state index in [4.69, 9.17) is 0 Å². The van der Waals surface area contributed by atoms with Crippen molar-refractivity contribution in [1.29, 1.82) is 0 Å². The molecule has 3 rings (SSSR count). The maximum absolute atomic E-state index is 4.35. The minimum Gasteiger partial charge on any atom is -0.372 e. The van der Waals surface area contributed by atoms with E-state index in [9.17, 15) is 0 Å². The SMILES string of the molecule is CCN(CC)c1ccc(N=Nc2ccc3ccccc3c2)cc1. The van der Waals surface area contributed by atoms with Gasteiger partial charge in [-0.25, -0.2) is 0 Å². The molecule has 0 aliphatic heterocycles. The zero-order valence-corrected chi connectivity index (χ0v) is 13.6. The minimum atomic E-state index is 0.870. The molecule has 3 aromatic rings. The highest BCUT2D eigenvalue weighted by Gasteiger charge is 2.01. The van der Waals surface area contributed by atoms with Crippen LogP contribution in [-0.4, -0.2) is 13.1 Å². The summed E-state index contributed by atoms with van der Waals surface area (Å²) in [4.78, 5) is 2.31. The third-order valence-electron chi connectivity index (χ3n) is 3.99. The van der Waals surface area contributed by atoms with Crippen LogP contribution in [0, 0.1) is 0 Å². The predicted molar refractivity (Wildman–Crippen MR) is 98.1 cm³/mol. The maximum Gasteiger partial charge on any atom is 0.0863 e. The van der Waals surface area contributed by atoms with Gasteiger partial charge in [0, 0.05) is 18.8 Å². The first-order chi connectivity index (χ1) is 11.3. The van der Waals surface area contributed by atoms with Gasteiger partial charge in [-0.2, -0.15) is 10.2 Å². The highest BCUT2D eigenvalue weighted by Crippen LogP contribution is 2.24. The Balaban J connectivity index is 1.78.